The van der Waals surface area contributed by atoms with Gasteiger partial charge in [-0.3, -0.25) is 4.79 Å². The van der Waals surface area contributed by atoms with Crippen molar-refractivity contribution in [2.75, 3.05) is 18.5 Å². The first kappa shape index (κ1) is 13.8. The zero-order valence-corrected chi connectivity index (χ0v) is 12.1. The molecule has 0 aromatic carbocycles. The van der Waals surface area contributed by atoms with Gasteiger partial charge in [-0.05, 0) is 12.8 Å². The lowest BCUT2D eigenvalue weighted by Gasteiger charge is -2.20. The van der Waals surface area contributed by atoms with Crippen LogP contribution < -0.4 is 5.32 Å². The van der Waals surface area contributed by atoms with Crippen molar-refractivity contribution in [2.45, 2.75) is 36.3 Å². The van der Waals surface area contributed by atoms with Crippen molar-refractivity contribution in [3.8, 4) is 0 Å². The maximum Gasteiger partial charge on any atom is 0.229 e. The molecule has 0 aliphatic carbocycles. The number of nitrogens with zero attached hydrogens (tertiary/aromatic N) is 2. The van der Waals surface area contributed by atoms with E-state index in [4.69, 9.17) is 4.74 Å². The Bertz CT molecular complexity index is 403. The van der Waals surface area contributed by atoms with Crippen molar-refractivity contribution in [1.29, 1.82) is 0 Å². The molecule has 0 radical (unpaired) electrons. The smallest absolute Gasteiger partial charge is 0.229 e. The summed E-state index contributed by atoms with van der Waals surface area (Å²) in [6, 6.07) is 0. The van der Waals surface area contributed by atoms with Crippen LogP contribution in [0.3, 0.4) is 0 Å². The Labute approximate surface area is 115 Å². The number of nitrogens with one attached hydrogen (secondary N) is 1. The predicted molar refractivity (Wildman–Crippen MR) is 73.1 cm³/mol. The second-order valence-corrected chi connectivity index (χ2v) is 7.22. The molecule has 5 nitrogen and oxygen atoms in total. The van der Waals surface area contributed by atoms with Gasteiger partial charge in [-0.25, -0.2) is 0 Å². The van der Waals surface area contributed by atoms with Gasteiger partial charge < -0.3 is 10.1 Å². The fraction of sp³-hybridized carbons (Fsp3) is 0.727. The fourth-order valence-electron chi connectivity index (χ4n) is 1.68. The topological polar surface area (TPSA) is 64.1 Å². The highest BCUT2D eigenvalue weighted by Crippen LogP contribution is 2.29. The van der Waals surface area contributed by atoms with Gasteiger partial charge in [0.1, 0.15) is 0 Å². The van der Waals surface area contributed by atoms with Gasteiger partial charge in [-0.15, -0.1) is 10.2 Å². The zero-order chi connectivity index (χ0) is 13.0. The molecule has 1 aliphatic heterocycles. The van der Waals surface area contributed by atoms with E-state index >= 15 is 0 Å². The zero-order valence-electron chi connectivity index (χ0n) is 10.5. The molecular weight excluding hydrogens is 270 g/mol. The van der Waals surface area contributed by atoms with E-state index in [0.29, 0.717) is 23.6 Å². The fourth-order valence-corrected chi connectivity index (χ4v) is 3.65. The highest BCUT2D eigenvalue weighted by atomic mass is 32.2. The van der Waals surface area contributed by atoms with E-state index in [1.807, 2.05) is 0 Å². The van der Waals surface area contributed by atoms with Crippen LogP contribution in [0.1, 0.15) is 26.7 Å². The van der Waals surface area contributed by atoms with Crippen LogP contribution in [-0.4, -0.2) is 34.6 Å². The van der Waals surface area contributed by atoms with Crippen LogP contribution in [0.4, 0.5) is 5.13 Å². The molecule has 1 aliphatic rings. The molecule has 1 N–H and O–H groups in total. The molecule has 0 spiro atoms. The number of aromatic nitrogens is 2. The van der Waals surface area contributed by atoms with E-state index in [1.165, 1.54) is 11.3 Å². The molecule has 1 aromatic rings. The summed E-state index contributed by atoms with van der Waals surface area (Å²) in [6.07, 6.45) is 1.58. The number of hydrogen-bond donors (Lipinski definition) is 1. The maximum atomic E-state index is 12.0. The molecule has 0 atom stereocenters. The van der Waals surface area contributed by atoms with Crippen molar-refractivity contribution >= 4 is 34.1 Å². The van der Waals surface area contributed by atoms with Crippen LogP contribution in [0.5, 0.6) is 0 Å². The predicted octanol–water partition coefficient (Wildman–Crippen LogP) is 2.40. The summed E-state index contributed by atoms with van der Waals surface area (Å²) in [7, 11) is 0. The number of ether oxygens (including phenoxy) is 1. The van der Waals surface area contributed by atoms with Crippen LogP contribution in [0.25, 0.3) is 0 Å². The Morgan fingerprint density at radius 1 is 1.44 bits per heavy atom. The van der Waals surface area contributed by atoms with Crippen molar-refractivity contribution in [2.24, 2.45) is 5.92 Å². The molecule has 1 saturated heterocycles. The van der Waals surface area contributed by atoms with Gasteiger partial charge in [0.25, 0.3) is 0 Å². The van der Waals surface area contributed by atoms with Crippen LogP contribution >= 0.6 is 23.1 Å². The number of rotatable bonds is 4. The summed E-state index contributed by atoms with van der Waals surface area (Å²) in [5.41, 5.74) is 0. The summed E-state index contributed by atoms with van der Waals surface area (Å²) in [4.78, 5) is 12.0. The third kappa shape index (κ3) is 3.93. The summed E-state index contributed by atoms with van der Waals surface area (Å²) in [6.45, 7) is 5.55. The lowest BCUT2D eigenvalue weighted by molar-refractivity contribution is -0.122. The highest BCUT2D eigenvalue weighted by molar-refractivity contribution is 8.01. The maximum absolute atomic E-state index is 12.0. The van der Waals surface area contributed by atoms with Gasteiger partial charge >= 0.3 is 0 Å². The summed E-state index contributed by atoms with van der Waals surface area (Å²) < 4.78 is 6.13. The monoisotopic (exact) mass is 287 g/mol. The Hall–Kier alpha value is -0.660. The normalized spacial score (nSPS) is 17.1. The quantitative estimate of drug-likeness (QED) is 0.680. The Morgan fingerprint density at radius 2 is 2.17 bits per heavy atom. The number of carbonyl (C=O) groups is 1. The van der Waals surface area contributed by atoms with E-state index in [2.05, 4.69) is 29.4 Å². The number of thioether (sulfide) groups is 1. The number of anilines is 1. The molecule has 1 fully saturated rings. The summed E-state index contributed by atoms with van der Waals surface area (Å²) in [5.74, 6) is 0.0828. The van der Waals surface area contributed by atoms with E-state index in [9.17, 15) is 4.79 Å². The molecule has 2 heterocycles. The largest absolute Gasteiger partial charge is 0.381 e. The minimum absolute atomic E-state index is 0.0375. The van der Waals surface area contributed by atoms with Gasteiger partial charge in [0, 0.05) is 24.4 Å². The molecule has 18 heavy (non-hydrogen) atoms. The Balaban J connectivity index is 1.88. The molecule has 100 valence electrons. The van der Waals surface area contributed by atoms with Crippen LogP contribution in [0.2, 0.25) is 0 Å². The van der Waals surface area contributed by atoms with E-state index in [1.54, 1.807) is 11.8 Å². The SMILES string of the molecule is CC(C)Sc1nnc(NC(=O)C2CCOCC2)s1. The van der Waals surface area contributed by atoms with Crippen LogP contribution in [-0.2, 0) is 9.53 Å². The summed E-state index contributed by atoms with van der Waals surface area (Å²) in [5, 5.41) is 11.9. The van der Waals surface area contributed by atoms with Crippen molar-refractivity contribution in [1.82, 2.24) is 10.2 Å². The number of amides is 1. The number of hydrogen-bond acceptors (Lipinski definition) is 6. The minimum atomic E-state index is 0.0375. The Kier molecular flexibility index (Phi) is 4.96. The number of carbonyl (C=O) groups excluding carboxylic acids is 1. The van der Waals surface area contributed by atoms with Gasteiger partial charge in [0.05, 0.1) is 0 Å². The molecule has 1 amide bonds. The van der Waals surface area contributed by atoms with E-state index in [-0.39, 0.29) is 11.8 Å². The van der Waals surface area contributed by atoms with Gasteiger partial charge in [-0.1, -0.05) is 36.9 Å². The second kappa shape index (κ2) is 6.49. The third-order valence-electron chi connectivity index (χ3n) is 2.57. The second-order valence-electron chi connectivity index (χ2n) is 4.42. The average Bonchev–Trinajstić information content (AvgIpc) is 2.76. The lowest BCUT2D eigenvalue weighted by Crippen LogP contribution is -2.28. The van der Waals surface area contributed by atoms with Crippen molar-refractivity contribution in [3.63, 3.8) is 0 Å². The minimum Gasteiger partial charge on any atom is -0.381 e. The van der Waals surface area contributed by atoms with Gasteiger partial charge in [0.15, 0.2) is 4.34 Å². The summed E-state index contributed by atoms with van der Waals surface area (Å²) >= 11 is 3.09. The van der Waals surface area contributed by atoms with Gasteiger partial charge in [0.2, 0.25) is 11.0 Å². The van der Waals surface area contributed by atoms with Gasteiger partial charge in [-0.2, -0.15) is 0 Å². The van der Waals surface area contributed by atoms with Crippen LogP contribution in [0.15, 0.2) is 4.34 Å². The van der Waals surface area contributed by atoms with E-state index in [0.717, 1.165) is 17.2 Å². The van der Waals surface area contributed by atoms with Crippen molar-refractivity contribution in [3.05, 3.63) is 0 Å². The van der Waals surface area contributed by atoms with Crippen LogP contribution in [0, 0.1) is 5.92 Å². The first-order valence-electron chi connectivity index (χ1n) is 6.04. The van der Waals surface area contributed by atoms with E-state index < -0.39 is 0 Å². The Morgan fingerprint density at radius 3 is 2.83 bits per heavy atom. The highest BCUT2D eigenvalue weighted by Gasteiger charge is 2.22. The first-order chi connectivity index (χ1) is 8.65. The molecule has 0 unspecified atom stereocenters. The van der Waals surface area contributed by atoms with Crippen molar-refractivity contribution < 1.29 is 9.53 Å². The molecular formula is C11H17N3O2S2. The lowest BCUT2D eigenvalue weighted by atomic mass is 10.00. The molecule has 0 bridgehead atoms. The molecule has 2 rings (SSSR count). The third-order valence-corrected chi connectivity index (χ3v) is 4.49. The average molecular weight is 287 g/mol. The molecule has 1 aromatic heterocycles. The first-order valence-corrected chi connectivity index (χ1v) is 7.73. The molecule has 7 heteroatoms. The standard InChI is InChI=1S/C11H17N3O2S2/c1-7(2)17-11-14-13-10(18-11)12-9(15)8-3-5-16-6-4-8/h7-8H,3-6H2,1-2H3,(H,12,13,15). The molecule has 0 saturated carbocycles.